The molecule has 0 N–H and O–H groups in total. The van der Waals surface area contributed by atoms with Crippen LogP contribution in [0, 0.1) is 0 Å². The molecule has 0 radical (unpaired) electrons. The summed E-state index contributed by atoms with van der Waals surface area (Å²) in [7, 11) is 6.03. The fourth-order valence-corrected chi connectivity index (χ4v) is 3.07. The molecule has 0 bridgehead atoms. The molecule has 0 unspecified atom stereocenters. The number of fused-ring (bicyclic) bond motifs is 1. The van der Waals surface area contributed by atoms with Gasteiger partial charge in [0.2, 0.25) is 0 Å². The Morgan fingerprint density at radius 3 is 2.85 bits per heavy atom. The van der Waals surface area contributed by atoms with Crippen molar-refractivity contribution in [2.45, 2.75) is 12.8 Å². The molecule has 0 amide bonds. The van der Waals surface area contributed by atoms with Crippen molar-refractivity contribution in [2.75, 3.05) is 27.2 Å². The number of ether oxygens (including phenoxy) is 1. The summed E-state index contributed by atoms with van der Waals surface area (Å²) in [5.41, 5.74) is 4.18. The third-order valence-electron chi connectivity index (χ3n) is 4.11. The molecule has 0 aliphatic carbocycles. The van der Waals surface area contributed by atoms with Crippen LogP contribution in [-0.2, 0) is 13.5 Å². The molecular weight excluding hydrogens is 248 g/mol. The van der Waals surface area contributed by atoms with Gasteiger partial charge in [-0.25, -0.2) is 0 Å². The molecule has 3 rings (SSSR count). The maximum absolute atomic E-state index is 5.36. The molecule has 20 heavy (non-hydrogen) atoms. The number of aromatic nitrogens is 1. The first-order valence-corrected chi connectivity index (χ1v) is 7.16. The van der Waals surface area contributed by atoms with Crippen LogP contribution in [0.15, 0.2) is 36.0 Å². The molecular formula is C17H22N2O. The van der Waals surface area contributed by atoms with Crippen molar-refractivity contribution in [1.29, 1.82) is 0 Å². The van der Waals surface area contributed by atoms with E-state index in [-0.39, 0.29) is 0 Å². The fraction of sp³-hybridized carbons (Fsp3) is 0.412. The van der Waals surface area contributed by atoms with Crippen LogP contribution in [0.1, 0.15) is 12.0 Å². The second kappa shape index (κ2) is 5.33. The predicted octanol–water partition coefficient (Wildman–Crippen LogP) is 2.99. The summed E-state index contributed by atoms with van der Waals surface area (Å²) in [5.74, 6) is 0.930. The van der Waals surface area contributed by atoms with Crippen LogP contribution < -0.4 is 4.74 Å². The van der Waals surface area contributed by atoms with Gasteiger partial charge in [0.15, 0.2) is 0 Å². The minimum Gasteiger partial charge on any atom is -0.497 e. The zero-order valence-electron chi connectivity index (χ0n) is 12.5. The van der Waals surface area contributed by atoms with E-state index in [9.17, 15) is 0 Å². The lowest BCUT2D eigenvalue weighted by Gasteiger charge is -2.22. The van der Waals surface area contributed by atoms with Gasteiger partial charge in [-0.05, 0) is 43.7 Å². The third-order valence-corrected chi connectivity index (χ3v) is 4.11. The van der Waals surface area contributed by atoms with Crippen LogP contribution in [0.4, 0.5) is 0 Å². The van der Waals surface area contributed by atoms with E-state index in [0.29, 0.717) is 0 Å². The molecule has 0 saturated carbocycles. The van der Waals surface area contributed by atoms with Crippen LogP contribution in [0.2, 0.25) is 0 Å². The zero-order chi connectivity index (χ0) is 14.1. The molecule has 106 valence electrons. The Morgan fingerprint density at radius 1 is 1.25 bits per heavy atom. The molecule has 1 aromatic heterocycles. The Balaban J connectivity index is 1.96. The van der Waals surface area contributed by atoms with Gasteiger partial charge < -0.3 is 14.2 Å². The number of nitrogens with zero attached hydrogens (tertiary/aromatic N) is 2. The van der Waals surface area contributed by atoms with Gasteiger partial charge in [-0.15, -0.1) is 0 Å². The topological polar surface area (TPSA) is 17.4 Å². The Hall–Kier alpha value is -1.74. The minimum absolute atomic E-state index is 0.930. The highest BCUT2D eigenvalue weighted by molar-refractivity contribution is 5.85. The summed E-state index contributed by atoms with van der Waals surface area (Å²) in [6.07, 6.45) is 6.85. The molecule has 0 saturated heterocycles. The number of likely N-dealkylation sites (N-methyl/N-ethyl adjacent to an activating group) is 1. The number of aryl methyl sites for hydroxylation is 1. The first kappa shape index (κ1) is 13.3. The molecule has 1 aliphatic heterocycles. The highest BCUT2D eigenvalue weighted by atomic mass is 16.5. The number of benzene rings is 1. The van der Waals surface area contributed by atoms with E-state index < -0.39 is 0 Å². The molecule has 2 aromatic rings. The Labute approximate surface area is 120 Å². The van der Waals surface area contributed by atoms with Crippen LogP contribution in [0.3, 0.4) is 0 Å². The van der Waals surface area contributed by atoms with Gasteiger partial charge in [-0.1, -0.05) is 11.6 Å². The van der Waals surface area contributed by atoms with Gasteiger partial charge in [0.05, 0.1) is 7.11 Å². The van der Waals surface area contributed by atoms with Gasteiger partial charge in [-0.3, -0.25) is 0 Å². The number of methoxy groups -OCH3 is 1. The van der Waals surface area contributed by atoms with E-state index in [1.54, 1.807) is 7.11 Å². The van der Waals surface area contributed by atoms with E-state index in [2.05, 4.69) is 48.0 Å². The van der Waals surface area contributed by atoms with Crippen molar-refractivity contribution in [3.63, 3.8) is 0 Å². The first-order valence-electron chi connectivity index (χ1n) is 7.16. The minimum atomic E-state index is 0.930. The molecule has 2 heterocycles. The van der Waals surface area contributed by atoms with E-state index in [1.165, 1.54) is 35.0 Å². The van der Waals surface area contributed by atoms with E-state index in [0.717, 1.165) is 18.7 Å². The van der Waals surface area contributed by atoms with E-state index in [1.807, 2.05) is 6.07 Å². The van der Waals surface area contributed by atoms with Crippen molar-refractivity contribution in [1.82, 2.24) is 9.47 Å². The number of hydrogen-bond acceptors (Lipinski definition) is 2. The van der Waals surface area contributed by atoms with Crippen molar-refractivity contribution in [2.24, 2.45) is 7.05 Å². The zero-order valence-corrected chi connectivity index (χ0v) is 12.5. The summed E-state index contributed by atoms with van der Waals surface area (Å²) in [4.78, 5) is 2.39. The monoisotopic (exact) mass is 270 g/mol. The molecule has 1 aromatic carbocycles. The second-order valence-corrected chi connectivity index (χ2v) is 5.71. The predicted molar refractivity (Wildman–Crippen MR) is 83.4 cm³/mol. The van der Waals surface area contributed by atoms with Gasteiger partial charge in [-0.2, -0.15) is 0 Å². The molecule has 3 nitrogen and oxygen atoms in total. The summed E-state index contributed by atoms with van der Waals surface area (Å²) in [5, 5.41) is 1.31. The average Bonchev–Trinajstić information content (AvgIpc) is 2.75. The van der Waals surface area contributed by atoms with Crippen LogP contribution in [0.5, 0.6) is 5.75 Å². The second-order valence-electron chi connectivity index (χ2n) is 5.71. The first-order chi connectivity index (χ1) is 9.67. The molecule has 0 atom stereocenters. The highest BCUT2D eigenvalue weighted by Gasteiger charge is 2.13. The summed E-state index contributed by atoms with van der Waals surface area (Å²) in [6.45, 7) is 2.26. The number of rotatable bonds is 3. The van der Waals surface area contributed by atoms with Crippen LogP contribution in [-0.4, -0.2) is 36.7 Å². The normalized spacial score (nSPS) is 16.4. The summed E-state index contributed by atoms with van der Waals surface area (Å²) < 4.78 is 7.57. The summed E-state index contributed by atoms with van der Waals surface area (Å²) >= 11 is 0. The van der Waals surface area contributed by atoms with Gasteiger partial charge in [0, 0.05) is 37.2 Å². The summed E-state index contributed by atoms with van der Waals surface area (Å²) in [6, 6.07) is 6.32. The van der Waals surface area contributed by atoms with Crippen molar-refractivity contribution >= 4 is 10.9 Å². The van der Waals surface area contributed by atoms with Crippen molar-refractivity contribution in [3.05, 3.63) is 41.6 Å². The maximum Gasteiger partial charge on any atom is 0.119 e. The van der Waals surface area contributed by atoms with Gasteiger partial charge >= 0.3 is 0 Å². The smallest absolute Gasteiger partial charge is 0.119 e. The number of hydrogen-bond donors (Lipinski definition) is 0. The van der Waals surface area contributed by atoms with Crippen LogP contribution >= 0.6 is 0 Å². The highest BCUT2D eigenvalue weighted by Crippen LogP contribution is 2.27. The SMILES string of the molecule is COc1ccc2c(c1)c(CC1=CCCN(C)C1)cn2C. The third kappa shape index (κ3) is 2.46. The molecule has 0 spiro atoms. The van der Waals surface area contributed by atoms with Crippen LogP contribution in [0.25, 0.3) is 10.9 Å². The lowest BCUT2D eigenvalue weighted by Crippen LogP contribution is -2.26. The average molecular weight is 270 g/mol. The van der Waals surface area contributed by atoms with Gasteiger partial charge in [0.1, 0.15) is 5.75 Å². The Morgan fingerprint density at radius 2 is 2.10 bits per heavy atom. The standard InChI is InChI=1S/C17H22N2O/c1-18-8-4-5-13(11-18)9-14-12-19(2)17-7-6-15(20-3)10-16(14)17/h5-7,10,12H,4,8-9,11H2,1-3H3. The van der Waals surface area contributed by atoms with Crippen molar-refractivity contribution in [3.8, 4) is 5.75 Å². The fourth-order valence-electron chi connectivity index (χ4n) is 3.07. The Bertz CT molecular complexity index is 654. The maximum atomic E-state index is 5.36. The molecule has 0 fully saturated rings. The lowest BCUT2D eigenvalue weighted by molar-refractivity contribution is 0.352. The Kier molecular flexibility index (Phi) is 3.53. The quantitative estimate of drug-likeness (QED) is 0.798. The molecule has 1 aliphatic rings. The largest absolute Gasteiger partial charge is 0.497 e. The molecule has 3 heteroatoms. The lowest BCUT2D eigenvalue weighted by atomic mass is 10.0. The van der Waals surface area contributed by atoms with Gasteiger partial charge in [0.25, 0.3) is 0 Å². The van der Waals surface area contributed by atoms with Crippen molar-refractivity contribution < 1.29 is 4.74 Å². The van der Waals surface area contributed by atoms with E-state index in [4.69, 9.17) is 4.74 Å². The van der Waals surface area contributed by atoms with E-state index >= 15 is 0 Å².